The molecule has 3 amide bonds. The molecule has 7 N–H and O–H groups in total. The van der Waals surface area contributed by atoms with Gasteiger partial charge in [-0.2, -0.15) is 0 Å². The molecular weight excluding hydrogens is 604 g/mol. The van der Waals surface area contributed by atoms with Crippen LogP contribution in [0.5, 0.6) is 0 Å². The van der Waals surface area contributed by atoms with Crippen molar-refractivity contribution in [1.29, 1.82) is 0 Å². The molecule has 12 heteroatoms. The molecule has 11 nitrogen and oxygen atoms in total. The summed E-state index contributed by atoms with van der Waals surface area (Å²) < 4.78 is 0. The monoisotopic (exact) mass is 644 g/mol. The van der Waals surface area contributed by atoms with Crippen LogP contribution in [0.3, 0.4) is 0 Å². The van der Waals surface area contributed by atoms with Crippen molar-refractivity contribution in [2.45, 2.75) is 56.0 Å². The largest absolute Gasteiger partial charge is 0.367 e. The molecule has 2 aliphatic rings. The molecule has 242 valence electrons. The quantitative estimate of drug-likeness (QED) is 0.188. The Morgan fingerprint density at radius 2 is 1.72 bits per heavy atom. The number of hydrogen-bond acceptors (Lipinski definition) is 9. The van der Waals surface area contributed by atoms with E-state index in [2.05, 4.69) is 16.0 Å². The molecule has 2 aliphatic heterocycles. The van der Waals surface area contributed by atoms with Crippen LogP contribution in [0.4, 0.5) is 0 Å². The summed E-state index contributed by atoms with van der Waals surface area (Å²) in [5.74, 6) is -2.98. The number of fused-ring (bicyclic) bond motifs is 1. The SMILES string of the molecule is NC(=O)C(C(=O)[C@@H](N)Cc1ccccc1)N1CC(C(=O)[C@@H]2CCCN2)NC(=O)C(NCc2cccc3ccccc23)CSCC1=O. The maximum absolute atomic E-state index is 13.8. The second-order valence-electron chi connectivity index (χ2n) is 11.7. The Labute approximate surface area is 272 Å². The molecular formula is C34H40N6O5S. The third kappa shape index (κ3) is 8.00. The highest BCUT2D eigenvalue weighted by Crippen LogP contribution is 2.20. The van der Waals surface area contributed by atoms with E-state index in [1.54, 1.807) is 0 Å². The highest BCUT2D eigenvalue weighted by atomic mass is 32.2. The van der Waals surface area contributed by atoms with E-state index in [0.717, 1.165) is 33.2 Å². The lowest BCUT2D eigenvalue weighted by Gasteiger charge is -2.35. The Balaban J connectivity index is 1.38. The fourth-order valence-electron chi connectivity index (χ4n) is 6.07. The van der Waals surface area contributed by atoms with Gasteiger partial charge in [-0.3, -0.25) is 24.0 Å². The van der Waals surface area contributed by atoms with Crippen LogP contribution < -0.4 is 27.4 Å². The molecule has 2 heterocycles. The lowest BCUT2D eigenvalue weighted by molar-refractivity contribution is -0.146. The zero-order valence-corrected chi connectivity index (χ0v) is 26.3. The number of thioether (sulfide) groups is 1. The maximum atomic E-state index is 13.8. The Kier molecular flexibility index (Phi) is 11.2. The summed E-state index contributed by atoms with van der Waals surface area (Å²) in [7, 11) is 0. The molecule has 3 aromatic rings. The normalized spacial score (nSPS) is 22.2. The van der Waals surface area contributed by atoms with E-state index in [9.17, 15) is 24.0 Å². The second kappa shape index (κ2) is 15.5. The van der Waals surface area contributed by atoms with Crippen molar-refractivity contribution in [3.8, 4) is 0 Å². The van der Waals surface area contributed by atoms with Gasteiger partial charge in [-0.05, 0) is 47.7 Å². The van der Waals surface area contributed by atoms with Gasteiger partial charge in [-0.1, -0.05) is 72.8 Å². The average molecular weight is 645 g/mol. The van der Waals surface area contributed by atoms with E-state index in [1.807, 2.05) is 72.8 Å². The summed E-state index contributed by atoms with van der Waals surface area (Å²) >= 11 is 1.19. The molecule has 0 saturated carbocycles. The molecule has 0 radical (unpaired) electrons. The van der Waals surface area contributed by atoms with E-state index in [-0.39, 0.29) is 23.7 Å². The van der Waals surface area contributed by atoms with E-state index in [0.29, 0.717) is 19.5 Å². The first-order valence-corrected chi connectivity index (χ1v) is 16.7. The Bertz CT molecular complexity index is 1580. The van der Waals surface area contributed by atoms with Crippen molar-refractivity contribution in [3.63, 3.8) is 0 Å². The summed E-state index contributed by atoms with van der Waals surface area (Å²) in [5, 5.41) is 11.5. The lowest BCUT2D eigenvalue weighted by Crippen LogP contribution is -2.64. The minimum Gasteiger partial charge on any atom is -0.367 e. The van der Waals surface area contributed by atoms with E-state index < -0.39 is 60.3 Å². The van der Waals surface area contributed by atoms with Crippen LogP contribution >= 0.6 is 11.8 Å². The first-order chi connectivity index (χ1) is 22.2. The third-order valence-corrected chi connectivity index (χ3v) is 9.54. The van der Waals surface area contributed by atoms with Crippen molar-refractivity contribution >= 4 is 51.8 Å². The fourth-order valence-corrected chi connectivity index (χ4v) is 7.03. The molecule has 5 rings (SSSR count). The summed E-state index contributed by atoms with van der Waals surface area (Å²) in [4.78, 5) is 68.7. The predicted molar refractivity (Wildman–Crippen MR) is 178 cm³/mol. The van der Waals surface area contributed by atoms with Crippen molar-refractivity contribution in [2.75, 3.05) is 24.6 Å². The number of primary amides is 1. The lowest BCUT2D eigenvalue weighted by atomic mass is 9.96. The summed E-state index contributed by atoms with van der Waals surface area (Å²) in [5.41, 5.74) is 13.8. The number of ketones is 2. The number of amides is 3. The minimum absolute atomic E-state index is 0.132. The number of rotatable bonds is 11. The smallest absolute Gasteiger partial charge is 0.248 e. The van der Waals surface area contributed by atoms with Gasteiger partial charge in [0.15, 0.2) is 17.6 Å². The first kappa shape index (κ1) is 33.3. The van der Waals surface area contributed by atoms with Gasteiger partial charge in [-0.25, -0.2) is 0 Å². The highest BCUT2D eigenvalue weighted by molar-refractivity contribution is 8.00. The van der Waals surface area contributed by atoms with Crippen LogP contribution in [0.25, 0.3) is 10.8 Å². The molecule has 0 aromatic heterocycles. The van der Waals surface area contributed by atoms with Crippen LogP contribution in [0, 0.1) is 0 Å². The number of nitrogens with two attached hydrogens (primary N) is 2. The number of carbonyl (C=O) groups is 5. The van der Waals surface area contributed by atoms with Crippen LogP contribution in [-0.4, -0.2) is 89.0 Å². The molecule has 2 fully saturated rings. The number of benzene rings is 3. The van der Waals surface area contributed by atoms with Crippen LogP contribution in [0.2, 0.25) is 0 Å². The fraction of sp³-hybridized carbons (Fsp3) is 0.382. The van der Waals surface area contributed by atoms with Gasteiger partial charge in [-0.15, -0.1) is 11.8 Å². The van der Waals surface area contributed by atoms with Crippen LogP contribution in [-0.2, 0) is 36.9 Å². The summed E-state index contributed by atoms with van der Waals surface area (Å²) in [6.07, 6.45) is 1.48. The molecule has 0 spiro atoms. The van der Waals surface area contributed by atoms with Gasteiger partial charge in [0.2, 0.25) is 17.7 Å². The third-order valence-electron chi connectivity index (χ3n) is 8.52. The molecule has 2 saturated heterocycles. The summed E-state index contributed by atoms with van der Waals surface area (Å²) in [6, 6.07) is 17.7. The van der Waals surface area contributed by atoms with Gasteiger partial charge in [0, 0.05) is 18.8 Å². The highest BCUT2D eigenvalue weighted by Gasteiger charge is 2.41. The molecule has 3 unspecified atom stereocenters. The molecule has 5 atom stereocenters. The van der Waals surface area contributed by atoms with E-state index in [4.69, 9.17) is 11.5 Å². The molecule has 0 bridgehead atoms. The zero-order valence-electron chi connectivity index (χ0n) is 25.5. The van der Waals surface area contributed by atoms with Crippen LogP contribution in [0.15, 0.2) is 72.8 Å². The molecule has 46 heavy (non-hydrogen) atoms. The van der Waals surface area contributed by atoms with Crippen molar-refractivity contribution in [3.05, 3.63) is 83.9 Å². The van der Waals surface area contributed by atoms with Gasteiger partial charge in [0.25, 0.3) is 0 Å². The predicted octanol–water partition coefficient (Wildman–Crippen LogP) is 0.672. The zero-order chi connectivity index (χ0) is 32.6. The average Bonchev–Trinajstić information content (AvgIpc) is 3.60. The Morgan fingerprint density at radius 1 is 0.978 bits per heavy atom. The van der Waals surface area contributed by atoms with E-state index >= 15 is 0 Å². The Hall–Kier alpha value is -4.10. The molecule has 3 aromatic carbocycles. The van der Waals surface area contributed by atoms with Gasteiger partial charge >= 0.3 is 0 Å². The van der Waals surface area contributed by atoms with E-state index in [1.165, 1.54) is 11.8 Å². The maximum Gasteiger partial charge on any atom is 0.248 e. The molecule has 0 aliphatic carbocycles. The van der Waals surface area contributed by atoms with Gasteiger partial charge in [0.1, 0.15) is 6.04 Å². The van der Waals surface area contributed by atoms with Crippen molar-refractivity contribution < 1.29 is 24.0 Å². The number of nitrogens with one attached hydrogen (secondary N) is 3. The first-order valence-electron chi connectivity index (χ1n) is 15.5. The Morgan fingerprint density at radius 3 is 2.46 bits per heavy atom. The number of nitrogens with zero attached hydrogens (tertiary/aromatic N) is 1. The van der Waals surface area contributed by atoms with Gasteiger partial charge < -0.3 is 32.3 Å². The summed E-state index contributed by atoms with van der Waals surface area (Å²) in [6.45, 7) is 0.637. The topological polar surface area (TPSA) is 177 Å². The van der Waals surface area contributed by atoms with Gasteiger partial charge in [0.05, 0.1) is 23.9 Å². The van der Waals surface area contributed by atoms with Crippen molar-refractivity contribution in [1.82, 2.24) is 20.9 Å². The number of hydrogen-bond donors (Lipinski definition) is 5. The minimum atomic E-state index is -1.70. The standard InChI is InChI=1S/C34H40N6O5S/c35-25(16-21-8-2-1-3-9-21)31(42)30(33(36)44)40-18-27(32(43)26-14-7-15-37-26)39-34(45)28(19-46-20-29(40)41)38-17-23-12-6-11-22-10-4-5-13-24(22)23/h1-6,8-13,25-28,30,37-38H,7,14-20,35H2,(H2,36,44)(H,39,45)/t25-,26-,27?,28?,30?/m0/s1. The van der Waals surface area contributed by atoms with Crippen LogP contribution in [0.1, 0.15) is 24.0 Å². The second-order valence-corrected chi connectivity index (χ2v) is 12.8. The number of Topliss-reactive ketones (excluding diaryl/α,β-unsaturated/α-hetero) is 2. The number of carbonyl (C=O) groups excluding carboxylic acids is 5. The van der Waals surface area contributed by atoms with Crippen molar-refractivity contribution in [2.24, 2.45) is 11.5 Å².